The average molecular weight is 260 g/mol. The van der Waals surface area contributed by atoms with Crippen molar-refractivity contribution in [2.24, 2.45) is 11.1 Å². The first-order chi connectivity index (χ1) is 7.78. The van der Waals surface area contributed by atoms with Crippen LogP contribution in [0.15, 0.2) is 0 Å². The van der Waals surface area contributed by atoms with E-state index in [9.17, 15) is 4.79 Å². The fourth-order valence-corrected chi connectivity index (χ4v) is 1.90. The van der Waals surface area contributed by atoms with Gasteiger partial charge in [-0.1, -0.05) is 12.2 Å². The highest BCUT2D eigenvalue weighted by atomic mass is 32.1. The highest BCUT2D eigenvalue weighted by Gasteiger charge is 2.38. The summed E-state index contributed by atoms with van der Waals surface area (Å²) in [6, 6.07) is 0. The lowest BCUT2D eigenvalue weighted by molar-refractivity contribution is -0.152. The molecule has 3 N–H and O–H groups in total. The van der Waals surface area contributed by atoms with Gasteiger partial charge in [0.05, 0.1) is 29.2 Å². The molecule has 1 amide bonds. The first-order valence-corrected chi connectivity index (χ1v) is 6.05. The van der Waals surface area contributed by atoms with Gasteiger partial charge in [-0.25, -0.2) is 0 Å². The number of amides is 1. The average Bonchev–Trinajstić information content (AvgIpc) is 2.26. The summed E-state index contributed by atoms with van der Waals surface area (Å²) in [5.74, 6) is -0.112. The standard InChI is InChI=1S/C11H20N2O3S/c1-7-4-13(5-8(6-14)16-7)10(15)11(2,3)9(12)17/h7-8,14H,4-6H2,1-3H3,(H2,12,17). The van der Waals surface area contributed by atoms with Crippen LogP contribution in [0, 0.1) is 5.41 Å². The number of thiocarbonyl (C=S) groups is 1. The molecule has 1 rings (SSSR count). The van der Waals surface area contributed by atoms with E-state index >= 15 is 0 Å². The van der Waals surface area contributed by atoms with Crippen molar-refractivity contribution in [2.75, 3.05) is 19.7 Å². The van der Waals surface area contributed by atoms with E-state index in [1.54, 1.807) is 18.7 Å². The van der Waals surface area contributed by atoms with Gasteiger partial charge in [-0.2, -0.15) is 0 Å². The lowest BCUT2D eigenvalue weighted by Crippen LogP contribution is -2.55. The minimum atomic E-state index is -0.855. The third-order valence-corrected chi connectivity index (χ3v) is 3.48. The summed E-state index contributed by atoms with van der Waals surface area (Å²) in [5.41, 5.74) is 4.73. The molecule has 0 aliphatic carbocycles. The maximum atomic E-state index is 12.3. The van der Waals surface area contributed by atoms with Crippen molar-refractivity contribution in [3.05, 3.63) is 0 Å². The van der Waals surface area contributed by atoms with Gasteiger partial charge >= 0.3 is 0 Å². The second-order valence-corrected chi connectivity index (χ2v) is 5.39. The zero-order valence-electron chi connectivity index (χ0n) is 10.5. The number of carbonyl (C=O) groups excluding carboxylic acids is 1. The van der Waals surface area contributed by atoms with Crippen molar-refractivity contribution in [3.8, 4) is 0 Å². The van der Waals surface area contributed by atoms with Crippen LogP contribution in [0.2, 0.25) is 0 Å². The summed E-state index contributed by atoms with van der Waals surface area (Å²) in [6.45, 7) is 6.09. The molecule has 0 aromatic carbocycles. The van der Waals surface area contributed by atoms with Crippen LogP contribution in [0.1, 0.15) is 20.8 Å². The number of aliphatic hydroxyl groups excluding tert-OH is 1. The van der Waals surface area contributed by atoms with Crippen molar-refractivity contribution >= 4 is 23.1 Å². The van der Waals surface area contributed by atoms with Crippen LogP contribution in [0.3, 0.4) is 0 Å². The lowest BCUT2D eigenvalue weighted by Gasteiger charge is -2.39. The topological polar surface area (TPSA) is 75.8 Å². The predicted octanol–water partition coefficient (Wildman–Crippen LogP) is -0.0931. The van der Waals surface area contributed by atoms with Crippen LogP contribution >= 0.6 is 12.2 Å². The van der Waals surface area contributed by atoms with Crippen LogP contribution < -0.4 is 5.73 Å². The third kappa shape index (κ3) is 3.14. The molecule has 2 unspecified atom stereocenters. The number of aliphatic hydroxyl groups is 1. The Morgan fingerprint density at radius 2 is 2.18 bits per heavy atom. The van der Waals surface area contributed by atoms with Crippen molar-refractivity contribution in [2.45, 2.75) is 33.0 Å². The molecule has 0 bridgehead atoms. The fraction of sp³-hybridized carbons (Fsp3) is 0.818. The number of morpholine rings is 1. The second-order valence-electron chi connectivity index (χ2n) is 4.95. The number of carbonyl (C=O) groups is 1. The van der Waals surface area contributed by atoms with E-state index < -0.39 is 5.41 Å². The molecule has 1 aliphatic rings. The first-order valence-electron chi connectivity index (χ1n) is 5.64. The predicted molar refractivity (Wildman–Crippen MR) is 68.6 cm³/mol. The quantitative estimate of drug-likeness (QED) is 0.693. The summed E-state index contributed by atoms with van der Waals surface area (Å²) >= 11 is 4.91. The van der Waals surface area contributed by atoms with Gasteiger partial charge in [0, 0.05) is 13.1 Å². The van der Waals surface area contributed by atoms with Crippen molar-refractivity contribution < 1.29 is 14.6 Å². The Balaban J connectivity index is 2.78. The van der Waals surface area contributed by atoms with Gasteiger partial charge in [0.1, 0.15) is 0 Å². The van der Waals surface area contributed by atoms with Gasteiger partial charge in [0.25, 0.3) is 0 Å². The minimum absolute atomic E-state index is 0.0907. The van der Waals surface area contributed by atoms with Gasteiger partial charge in [-0.3, -0.25) is 4.79 Å². The number of rotatable bonds is 3. The summed E-state index contributed by atoms with van der Waals surface area (Å²) < 4.78 is 5.48. The molecule has 0 aromatic heterocycles. The molecule has 1 fully saturated rings. The molecule has 1 saturated heterocycles. The number of nitrogens with zero attached hydrogens (tertiary/aromatic N) is 1. The molecule has 17 heavy (non-hydrogen) atoms. The number of ether oxygens (including phenoxy) is 1. The van der Waals surface area contributed by atoms with Gasteiger partial charge < -0.3 is 20.5 Å². The van der Waals surface area contributed by atoms with E-state index in [1.807, 2.05) is 6.92 Å². The van der Waals surface area contributed by atoms with Crippen LogP contribution in [0.4, 0.5) is 0 Å². The SMILES string of the molecule is CC1CN(C(=O)C(C)(C)C(N)=S)CC(CO)O1. The van der Waals surface area contributed by atoms with Crippen molar-refractivity contribution in [1.82, 2.24) is 4.90 Å². The van der Waals surface area contributed by atoms with Crippen LogP contribution in [0.25, 0.3) is 0 Å². The molecular weight excluding hydrogens is 240 g/mol. The van der Waals surface area contributed by atoms with Crippen molar-refractivity contribution in [3.63, 3.8) is 0 Å². The van der Waals surface area contributed by atoms with E-state index in [1.165, 1.54) is 0 Å². The van der Waals surface area contributed by atoms with Crippen LogP contribution in [0.5, 0.6) is 0 Å². The van der Waals surface area contributed by atoms with E-state index in [0.717, 1.165) is 0 Å². The van der Waals surface area contributed by atoms with E-state index in [2.05, 4.69) is 0 Å². The molecule has 0 saturated carbocycles. The van der Waals surface area contributed by atoms with Gasteiger partial charge in [-0.15, -0.1) is 0 Å². The zero-order valence-corrected chi connectivity index (χ0v) is 11.3. The molecule has 98 valence electrons. The van der Waals surface area contributed by atoms with Crippen LogP contribution in [-0.4, -0.2) is 52.8 Å². The summed E-state index contributed by atoms with van der Waals surface area (Å²) in [5, 5.41) is 9.11. The highest BCUT2D eigenvalue weighted by Crippen LogP contribution is 2.22. The maximum absolute atomic E-state index is 12.3. The molecular formula is C11H20N2O3S. The molecule has 1 heterocycles. The second kappa shape index (κ2) is 5.29. The lowest BCUT2D eigenvalue weighted by atomic mass is 9.91. The minimum Gasteiger partial charge on any atom is -0.394 e. The van der Waals surface area contributed by atoms with Gasteiger partial charge in [0.2, 0.25) is 5.91 Å². The van der Waals surface area contributed by atoms with E-state index in [-0.39, 0.29) is 29.7 Å². The number of hydrogen-bond donors (Lipinski definition) is 2. The largest absolute Gasteiger partial charge is 0.394 e. The van der Waals surface area contributed by atoms with Crippen molar-refractivity contribution in [1.29, 1.82) is 0 Å². The number of hydrogen-bond acceptors (Lipinski definition) is 4. The third-order valence-electron chi connectivity index (χ3n) is 2.97. The Bertz CT molecular complexity index is 320. The monoisotopic (exact) mass is 260 g/mol. The van der Waals surface area contributed by atoms with E-state index in [4.69, 9.17) is 27.8 Å². The zero-order chi connectivity index (χ0) is 13.2. The molecule has 0 aromatic rings. The molecule has 0 radical (unpaired) electrons. The smallest absolute Gasteiger partial charge is 0.235 e. The molecule has 6 heteroatoms. The summed E-state index contributed by atoms with van der Waals surface area (Å²) in [7, 11) is 0. The Morgan fingerprint density at radius 3 is 2.65 bits per heavy atom. The van der Waals surface area contributed by atoms with Gasteiger partial charge in [-0.05, 0) is 20.8 Å². The maximum Gasteiger partial charge on any atom is 0.235 e. The van der Waals surface area contributed by atoms with Gasteiger partial charge in [0.15, 0.2) is 0 Å². The Kier molecular flexibility index (Phi) is 4.46. The number of nitrogens with two attached hydrogens (primary N) is 1. The fourth-order valence-electron chi connectivity index (χ4n) is 1.81. The Morgan fingerprint density at radius 1 is 1.59 bits per heavy atom. The molecule has 1 aliphatic heterocycles. The molecule has 5 nitrogen and oxygen atoms in total. The normalized spacial score (nSPS) is 25.8. The molecule has 0 spiro atoms. The first kappa shape index (κ1) is 14.3. The summed E-state index contributed by atoms with van der Waals surface area (Å²) in [4.78, 5) is 14.1. The Labute approximate surface area is 107 Å². The Hall–Kier alpha value is -0.720. The highest BCUT2D eigenvalue weighted by molar-refractivity contribution is 7.80. The van der Waals surface area contributed by atoms with E-state index in [0.29, 0.717) is 13.1 Å². The molecule has 2 atom stereocenters. The summed E-state index contributed by atoms with van der Waals surface area (Å²) in [6.07, 6.45) is -0.420. The van der Waals surface area contributed by atoms with Crippen LogP contribution in [-0.2, 0) is 9.53 Å².